The highest BCUT2D eigenvalue weighted by Gasteiger charge is 2.33. The number of amides is 1. The predicted octanol–water partition coefficient (Wildman–Crippen LogP) is 4.43. The third-order valence-corrected chi connectivity index (χ3v) is 8.28. The average molecular weight is 515 g/mol. The Balaban J connectivity index is 1.67. The molecule has 0 bridgehead atoms. The van der Waals surface area contributed by atoms with Crippen molar-refractivity contribution < 1.29 is 22.7 Å². The van der Waals surface area contributed by atoms with Gasteiger partial charge in [0.2, 0.25) is 15.9 Å². The van der Waals surface area contributed by atoms with Crippen LogP contribution in [0.15, 0.2) is 36.4 Å². The topological polar surface area (TPSA) is 84.9 Å². The second-order valence-corrected chi connectivity index (χ2v) is 10.8. The van der Waals surface area contributed by atoms with Crippen molar-refractivity contribution in [2.75, 3.05) is 27.3 Å². The molecule has 0 radical (unpaired) electrons. The minimum atomic E-state index is -3.69. The van der Waals surface area contributed by atoms with Gasteiger partial charge in [-0.05, 0) is 49.6 Å². The van der Waals surface area contributed by atoms with Gasteiger partial charge in [0.25, 0.3) is 0 Å². The number of sulfonamides is 1. The molecule has 0 saturated carbocycles. The van der Waals surface area contributed by atoms with Crippen molar-refractivity contribution in [2.24, 2.45) is 5.92 Å². The average Bonchev–Trinajstić information content (AvgIpc) is 2.81. The van der Waals surface area contributed by atoms with E-state index >= 15 is 0 Å². The first kappa shape index (κ1) is 25.6. The number of carbonyl (C=O) groups is 1. The molecule has 1 aliphatic heterocycles. The molecule has 1 saturated heterocycles. The molecular weight excluding hydrogens is 487 g/mol. The Morgan fingerprint density at radius 3 is 2.45 bits per heavy atom. The Morgan fingerprint density at radius 1 is 1.15 bits per heavy atom. The number of ether oxygens (including phenoxy) is 2. The summed E-state index contributed by atoms with van der Waals surface area (Å²) < 4.78 is 38.1. The molecule has 7 nitrogen and oxygen atoms in total. The molecule has 1 fully saturated rings. The molecule has 33 heavy (non-hydrogen) atoms. The van der Waals surface area contributed by atoms with Crippen LogP contribution in [-0.4, -0.2) is 45.9 Å². The monoisotopic (exact) mass is 514 g/mol. The van der Waals surface area contributed by atoms with Crippen molar-refractivity contribution in [3.63, 3.8) is 0 Å². The van der Waals surface area contributed by atoms with Gasteiger partial charge in [-0.3, -0.25) is 4.79 Å². The first-order valence-corrected chi connectivity index (χ1v) is 13.0. The molecule has 0 spiro atoms. The second-order valence-electron chi connectivity index (χ2n) is 8.00. The molecule has 0 unspecified atom stereocenters. The fourth-order valence-electron chi connectivity index (χ4n) is 3.89. The van der Waals surface area contributed by atoms with Crippen LogP contribution >= 0.6 is 23.2 Å². The van der Waals surface area contributed by atoms with Gasteiger partial charge < -0.3 is 14.8 Å². The van der Waals surface area contributed by atoms with Gasteiger partial charge in [0.15, 0.2) is 11.5 Å². The smallest absolute Gasteiger partial charge is 0.224 e. The first-order valence-electron chi connectivity index (χ1n) is 10.6. The van der Waals surface area contributed by atoms with Crippen LogP contribution in [0, 0.1) is 5.92 Å². The lowest BCUT2D eigenvalue weighted by Crippen LogP contribution is -2.46. The third kappa shape index (κ3) is 6.12. The summed E-state index contributed by atoms with van der Waals surface area (Å²) in [5, 5.41) is 3.61. The van der Waals surface area contributed by atoms with Gasteiger partial charge in [0, 0.05) is 28.7 Å². The molecule has 0 aliphatic carbocycles. The fourth-order valence-corrected chi connectivity index (χ4v) is 6.25. The Labute approximate surface area is 205 Å². The Morgan fingerprint density at radius 2 is 1.82 bits per heavy atom. The zero-order valence-electron chi connectivity index (χ0n) is 18.8. The number of halogens is 2. The number of carbonyl (C=O) groups excluding carboxylic acids is 1. The van der Waals surface area contributed by atoms with Crippen LogP contribution in [-0.2, 0) is 20.6 Å². The van der Waals surface area contributed by atoms with Gasteiger partial charge in [0.1, 0.15) is 0 Å². The number of nitrogens with zero attached hydrogens (tertiary/aromatic N) is 1. The number of rotatable bonds is 8. The quantitative estimate of drug-likeness (QED) is 0.563. The molecule has 10 heteroatoms. The number of nitrogens with one attached hydrogen (secondary N) is 1. The Hall–Kier alpha value is -2.00. The molecule has 2 atom stereocenters. The molecule has 2 aromatic carbocycles. The van der Waals surface area contributed by atoms with E-state index in [0.717, 1.165) is 5.56 Å². The molecule has 2 aromatic rings. The lowest BCUT2D eigenvalue weighted by molar-refractivity contribution is -0.126. The second kappa shape index (κ2) is 11.0. The van der Waals surface area contributed by atoms with Gasteiger partial charge >= 0.3 is 0 Å². The molecule has 0 aromatic heterocycles. The van der Waals surface area contributed by atoms with E-state index in [-0.39, 0.29) is 24.2 Å². The molecule has 180 valence electrons. The summed E-state index contributed by atoms with van der Waals surface area (Å²) in [6, 6.07) is 10.1. The Bertz CT molecular complexity index is 1090. The summed E-state index contributed by atoms with van der Waals surface area (Å²) in [6.45, 7) is 2.35. The van der Waals surface area contributed by atoms with E-state index in [9.17, 15) is 13.2 Å². The molecular formula is C23H28Cl2N2O5S. The number of methoxy groups -OCH3 is 2. The lowest BCUT2D eigenvalue weighted by Gasteiger charge is -2.32. The van der Waals surface area contributed by atoms with Crippen LogP contribution < -0.4 is 14.8 Å². The summed E-state index contributed by atoms with van der Waals surface area (Å²) in [4.78, 5) is 13.0. The summed E-state index contributed by atoms with van der Waals surface area (Å²) in [5.74, 6) is 0.239. The molecule has 3 rings (SSSR count). The van der Waals surface area contributed by atoms with E-state index in [1.807, 2.05) is 19.1 Å². The highest BCUT2D eigenvalue weighted by Crippen LogP contribution is 2.31. The number of piperidine rings is 1. The van der Waals surface area contributed by atoms with Crippen LogP contribution in [0.5, 0.6) is 11.5 Å². The van der Waals surface area contributed by atoms with Crippen molar-refractivity contribution in [2.45, 2.75) is 31.6 Å². The molecule has 1 heterocycles. The van der Waals surface area contributed by atoms with Crippen LogP contribution in [0.4, 0.5) is 0 Å². The maximum Gasteiger partial charge on any atom is 0.224 e. The zero-order chi connectivity index (χ0) is 24.2. The zero-order valence-corrected chi connectivity index (χ0v) is 21.1. The summed E-state index contributed by atoms with van der Waals surface area (Å²) in [6.07, 6.45) is 1.21. The predicted molar refractivity (Wildman–Crippen MR) is 129 cm³/mol. The van der Waals surface area contributed by atoms with E-state index in [1.54, 1.807) is 38.5 Å². The van der Waals surface area contributed by atoms with Crippen molar-refractivity contribution in [3.8, 4) is 11.5 Å². The largest absolute Gasteiger partial charge is 0.493 e. The molecule has 1 amide bonds. The van der Waals surface area contributed by atoms with Gasteiger partial charge in [-0.1, -0.05) is 35.3 Å². The number of hydrogen-bond acceptors (Lipinski definition) is 5. The minimum absolute atomic E-state index is 0.120. The van der Waals surface area contributed by atoms with E-state index < -0.39 is 15.9 Å². The Kier molecular flexibility index (Phi) is 8.50. The van der Waals surface area contributed by atoms with Crippen molar-refractivity contribution in [1.82, 2.24) is 9.62 Å². The highest BCUT2D eigenvalue weighted by atomic mass is 35.5. The van der Waals surface area contributed by atoms with Crippen molar-refractivity contribution in [1.29, 1.82) is 0 Å². The van der Waals surface area contributed by atoms with Crippen LogP contribution in [0.2, 0.25) is 10.0 Å². The van der Waals surface area contributed by atoms with E-state index in [1.165, 1.54) is 4.31 Å². The fraction of sp³-hybridized carbons (Fsp3) is 0.435. The van der Waals surface area contributed by atoms with E-state index in [4.69, 9.17) is 32.7 Å². The van der Waals surface area contributed by atoms with E-state index in [0.29, 0.717) is 46.5 Å². The van der Waals surface area contributed by atoms with Gasteiger partial charge in [-0.2, -0.15) is 0 Å². The van der Waals surface area contributed by atoms with E-state index in [2.05, 4.69) is 5.32 Å². The van der Waals surface area contributed by atoms with Gasteiger partial charge in [-0.25, -0.2) is 12.7 Å². The maximum atomic E-state index is 13.1. The van der Waals surface area contributed by atoms with Gasteiger partial charge in [-0.15, -0.1) is 0 Å². The first-order chi connectivity index (χ1) is 15.7. The SMILES string of the molecule is COc1ccc([C@@H](C)NC(=O)[C@@H]2CCCN(S(=O)(=O)Cc3c(Cl)cccc3Cl)C2)cc1OC. The van der Waals surface area contributed by atoms with Crippen molar-refractivity contribution >= 4 is 39.1 Å². The third-order valence-electron chi connectivity index (χ3n) is 5.80. The van der Waals surface area contributed by atoms with Crippen molar-refractivity contribution in [3.05, 3.63) is 57.6 Å². The maximum absolute atomic E-state index is 13.1. The highest BCUT2D eigenvalue weighted by molar-refractivity contribution is 7.88. The standard InChI is InChI=1S/C23H28Cl2N2O5S/c1-15(16-9-10-21(31-2)22(12-16)32-3)26-23(28)17-6-5-11-27(13-17)33(29,30)14-18-19(24)7-4-8-20(18)25/h4,7-10,12,15,17H,5-6,11,13-14H2,1-3H3,(H,26,28)/t15-,17-/m1/s1. The minimum Gasteiger partial charge on any atom is -0.493 e. The summed E-state index contributed by atoms with van der Waals surface area (Å²) in [7, 11) is -0.577. The van der Waals surface area contributed by atoms with Crippen LogP contribution in [0.3, 0.4) is 0 Å². The van der Waals surface area contributed by atoms with Crippen LogP contribution in [0.25, 0.3) is 0 Å². The lowest BCUT2D eigenvalue weighted by atomic mass is 9.98. The van der Waals surface area contributed by atoms with Crippen LogP contribution in [0.1, 0.15) is 36.9 Å². The summed E-state index contributed by atoms with van der Waals surface area (Å²) >= 11 is 12.3. The summed E-state index contributed by atoms with van der Waals surface area (Å²) in [5.41, 5.74) is 1.23. The molecule has 1 N–H and O–H groups in total. The molecule has 1 aliphatic rings. The number of benzene rings is 2. The van der Waals surface area contributed by atoms with Gasteiger partial charge in [0.05, 0.1) is 31.9 Å². The normalized spacial score (nSPS) is 17.9. The number of hydrogen-bond donors (Lipinski definition) is 1.